The van der Waals surface area contributed by atoms with Gasteiger partial charge in [0.15, 0.2) is 5.75 Å². The van der Waals surface area contributed by atoms with E-state index in [9.17, 15) is 14.4 Å². The Hall–Kier alpha value is -3.81. The standard InChI is InChI=1S/C24H24O8/c1-14(10-12-19(25)26)9-11-17-21(29-3)15(2)18-13-30-23(27)20(18)22(17)32-24(28)31-16-7-5-4-6-8-16/h4-9H,10-13H2,1-3H3,(H,25,26)/b14-9+. The maximum absolute atomic E-state index is 12.5. The van der Waals surface area contributed by atoms with Crippen LogP contribution in [0.2, 0.25) is 0 Å². The number of ether oxygens (including phenoxy) is 4. The van der Waals surface area contributed by atoms with E-state index in [4.69, 9.17) is 24.1 Å². The van der Waals surface area contributed by atoms with Gasteiger partial charge in [-0.15, -0.1) is 0 Å². The second-order valence-electron chi connectivity index (χ2n) is 7.31. The van der Waals surface area contributed by atoms with Crippen molar-refractivity contribution in [1.82, 2.24) is 0 Å². The van der Waals surface area contributed by atoms with Gasteiger partial charge in [-0.3, -0.25) is 4.79 Å². The average molecular weight is 440 g/mol. The summed E-state index contributed by atoms with van der Waals surface area (Å²) in [5.74, 6) is -0.706. The van der Waals surface area contributed by atoms with E-state index < -0.39 is 18.1 Å². The van der Waals surface area contributed by atoms with E-state index in [1.165, 1.54) is 7.11 Å². The molecule has 32 heavy (non-hydrogen) atoms. The highest BCUT2D eigenvalue weighted by Crippen LogP contribution is 2.43. The quantitative estimate of drug-likeness (QED) is 0.360. The number of methoxy groups -OCH3 is 1. The van der Waals surface area contributed by atoms with Gasteiger partial charge in [-0.25, -0.2) is 9.59 Å². The molecule has 0 spiro atoms. The fraction of sp³-hybridized carbons (Fsp3) is 0.292. The monoisotopic (exact) mass is 440 g/mol. The van der Waals surface area contributed by atoms with Crippen molar-refractivity contribution < 1.29 is 38.4 Å². The molecule has 1 heterocycles. The molecule has 0 bridgehead atoms. The van der Waals surface area contributed by atoms with E-state index in [-0.39, 0.29) is 30.8 Å². The first kappa shape index (κ1) is 22.9. The smallest absolute Gasteiger partial charge is 0.496 e. The lowest BCUT2D eigenvalue weighted by Crippen LogP contribution is -2.17. The lowest BCUT2D eigenvalue weighted by molar-refractivity contribution is -0.136. The molecule has 0 amide bonds. The zero-order valence-electron chi connectivity index (χ0n) is 18.1. The van der Waals surface area contributed by atoms with Crippen molar-refractivity contribution in [2.24, 2.45) is 0 Å². The largest absolute Gasteiger partial charge is 0.519 e. The molecule has 0 atom stereocenters. The molecule has 1 N–H and O–H groups in total. The predicted molar refractivity (Wildman–Crippen MR) is 114 cm³/mol. The molecule has 2 aromatic rings. The van der Waals surface area contributed by atoms with Crippen LogP contribution in [0.25, 0.3) is 0 Å². The zero-order valence-corrected chi connectivity index (χ0v) is 18.1. The summed E-state index contributed by atoms with van der Waals surface area (Å²) in [5.41, 5.74) is 2.78. The van der Waals surface area contributed by atoms with Crippen LogP contribution in [0.1, 0.15) is 46.8 Å². The molecule has 0 aliphatic carbocycles. The minimum atomic E-state index is -1.00. The van der Waals surface area contributed by atoms with Gasteiger partial charge in [0, 0.05) is 17.5 Å². The molecule has 2 aromatic carbocycles. The molecule has 1 aliphatic rings. The van der Waals surface area contributed by atoms with Crippen molar-refractivity contribution in [1.29, 1.82) is 0 Å². The molecule has 168 valence electrons. The SMILES string of the molecule is COc1c(C)c2c(c(OC(=O)Oc3ccccc3)c1C/C=C(\C)CCC(=O)O)C(=O)OC2. The van der Waals surface area contributed by atoms with Crippen LogP contribution >= 0.6 is 0 Å². The van der Waals surface area contributed by atoms with Crippen LogP contribution in [0.3, 0.4) is 0 Å². The van der Waals surface area contributed by atoms with Gasteiger partial charge in [-0.05, 0) is 44.4 Å². The van der Waals surface area contributed by atoms with Gasteiger partial charge < -0.3 is 24.1 Å². The third-order valence-corrected chi connectivity index (χ3v) is 5.14. The summed E-state index contributed by atoms with van der Waals surface area (Å²) in [6.45, 7) is 3.67. The van der Waals surface area contributed by atoms with E-state index in [2.05, 4.69) is 0 Å². The minimum Gasteiger partial charge on any atom is -0.496 e. The summed E-state index contributed by atoms with van der Waals surface area (Å²) in [6, 6.07) is 8.41. The van der Waals surface area contributed by atoms with Crippen molar-refractivity contribution in [2.75, 3.05) is 7.11 Å². The highest BCUT2D eigenvalue weighted by Gasteiger charge is 2.34. The van der Waals surface area contributed by atoms with Gasteiger partial charge >= 0.3 is 18.1 Å². The molecule has 0 saturated heterocycles. The maximum Gasteiger partial charge on any atom is 0.519 e. The number of para-hydroxylation sites is 1. The van der Waals surface area contributed by atoms with Gasteiger partial charge in [0.25, 0.3) is 0 Å². The van der Waals surface area contributed by atoms with E-state index in [1.54, 1.807) is 37.3 Å². The van der Waals surface area contributed by atoms with E-state index >= 15 is 0 Å². The number of fused-ring (bicyclic) bond motifs is 1. The summed E-state index contributed by atoms with van der Waals surface area (Å²) in [7, 11) is 1.49. The molecular formula is C24H24O8. The van der Waals surface area contributed by atoms with Crippen LogP contribution in [0.5, 0.6) is 17.2 Å². The summed E-state index contributed by atoms with van der Waals surface area (Å²) in [5, 5.41) is 8.90. The highest BCUT2D eigenvalue weighted by atomic mass is 16.7. The van der Waals surface area contributed by atoms with Crippen molar-refractivity contribution >= 4 is 18.1 Å². The fourth-order valence-corrected chi connectivity index (χ4v) is 3.49. The van der Waals surface area contributed by atoms with Crippen LogP contribution in [0.4, 0.5) is 4.79 Å². The molecule has 0 radical (unpaired) electrons. The van der Waals surface area contributed by atoms with Gasteiger partial charge in [0.1, 0.15) is 23.7 Å². The maximum atomic E-state index is 12.5. The Bertz CT molecular complexity index is 1070. The number of esters is 1. The van der Waals surface area contributed by atoms with E-state index in [1.807, 2.05) is 13.0 Å². The Morgan fingerprint density at radius 2 is 1.84 bits per heavy atom. The molecule has 1 aliphatic heterocycles. The van der Waals surface area contributed by atoms with Gasteiger partial charge in [-0.2, -0.15) is 0 Å². The van der Waals surface area contributed by atoms with E-state index in [0.717, 1.165) is 5.57 Å². The number of cyclic esters (lactones) is 1. The van der Waals surface area contributed by atoms with Crippen LogP contribution in [-0.2, 0) is 22.6 Å². The third-order valence-electron chi connectivity index (χ3n) is 5.14. The van der Waals surface area contributed by atoms with Crippen molar-refractivity contribution in [2.45, 2.75) is 39.7 Å². The number of aliphatic carboxylic acids is 1. The fourth-order valence-electron chi connectivity index (χ4n) is 3.49. The number of benzene rings is 2. The molecule has 0 unspecified atom stereocenters. The van der Waals surface area contributed by atoms with E-state index in [0.29, 0.717) is 34.6 Å². The topological polar surface area (TPSA) is 108 Å². The van der Waals surface area contributed by atoms with Crippen LogP contribution in [0.15, 0.2) is 42.0 Å². The second kappa shape index (κ2) is 10.00. The number of carbonyl (C=O) groups excluding carboxylic acids is 2. The molecule has 8 heteroatoms. The Labute approximate surface area is 185 Å². The van der Waals surface area contributed by atoms with Gasteiger partial charge in [-0.1, -0.05) is 29.8 Å². The number of carboxylic acid groups (broad SMARTS) is 1. The molecule has 3 rings (SSSR count). The summed E-state index contributed by atoms with van der Waals surface area (Å²) < 4.78 is 21.5. The van der Waals surface area contributed by atoms with Crippen LogP contribution in [0, 0.1) is 6.92 Å². The number of carbonyl (C=O) groups is 3. The lowest BCUT2D eigenvalue weighted by Gasteiger charge is -2.18. The van der Waals surface area contributed by atoms with Gasteiger partial charge in [0.2, 0.25) is 0 Å². The number of carboxylic acids is 1. The highest BCUT2D eigenvalue weighted by molar-refractivity contribution is 5.99. The van der Waals surface area contributed by atoms with Crippen LogP contribution in [-0.4, -0.2) is 30.3 Å². The minimum absolute atomic E-state index is 0.00175. The Balaban J connectivity index is 2.00. The van der Waals surface area contributed by atoms with Crippen molar-refractivity contribution in [3.05, 3.63) is 64.2 Å². The number of allylic oxidation sites excluding steroid dienone is 2. The van der Waals surface area contributed by atoms with Crippen molar-refractivity contribution in [3.63, 3.8) is 0 Å². The Kier molecular flexibility index (Phi) is 7.14. The zero-order chi connectivity index (χ0) is 23.3. The lowest BCUT2D eigenvalue weighted by atomic mass is 9.94. The summed E-state index contributed by atoms with van der Waals surface area (Å²) >= 11 is 0. The van der Waals surface area contributed by atoms with Crippen LogP contribution < -0.4 is 14.2 Å². The normalized spacial score (nSPS) is 12.7. The third kappa shape index (κ3) is 5.08. The molecular weight excluding hydrogens is 416 g/mol. The van der Waals surface area contributed by atoms with Gasteiger partial charge in [0.05, 0.1) is 7.11 Å². The number of hydrogen-bond acceptors (Lipinski definition) is 7. The molecule has 0 saturated carbocycles. The van der Waals surface area contributed by atoms with Crippen molar-refractivity contribution in [3.8, 4) is 17.2 Å². The molecule has 0 aromatic heterocycles. The first-order valence-corrected chi connectivity index (χ1v) is 10.0. The molecule has 8 nitrogen and oxygen atoms in total. The first-order valence-electron chi connectivity index (χ1n) is 10.0. The second-order valence-corrected chi connectivity index (χ2v) is 7.31. The Morgan fingerprint density at radius 3 is 2.50 bits per heavy atom. The first-order chi connectivity index (χ1) is 15.3. The summed E-state index contributed by atoms with van der Waals surface area (Å²) in [4.78, 5) is 35.8. The summed E-state index contributed by atoms with van der Waals surface area (Å²) in [6.07, 6.45) is 1.45. The Morgan fingerprint density at radius 1 is 1.12 bits per heavy atom. The predicted octanol–water partition coefficient (Wildman–Crippen LogP) is 4.61. The molecule has 0 fully saturated rings. The number of hydrogen-bond donors (Lipinski definition) is 1. The number of rotatable bonds is 8. The average Bonchev–Trinajstić information content (AvgIpc) is 3.15.